The summed E-state index contributed by atoms with van der Waals surface area (Å²) in [5.41, 5.74) is -0.0721. The normalized spacial score (nSPS) is 16.5. The number of imide groups is 1. The molecular formula is C10H13N3O3. The fraction of sp³-hybridized carbons (Fsp3) is 0.500. The molecule has 0 aromatic heterocycles. The lowest BCUT2D eigenvalue weighted by atomic mass is 10.3. The average molecular weight is 223 g/mol. The molecule has 0 bridgehead atoms. The Morgan fingerprint density at radius 2 is 2.06 bits per heavy atom. The van der Waals surface area contributed by atoms with Gasteiger partial charge >= 0.3 is 0 Å². The standard InChI is InChI=1S/C10H13N3O3/c1-8(14)12-10(15)9(6-11)7-13-2-4-16-5-3-13/h7H,2-5H2,1H3,(H,12,14,15). The van der Waals surface area contributed by atoms with E-state index in [4.69, 9.17) is 10.00 Å². The molecule has 0 saturated carbocycles. The largest absolute Gasteiger partial charge is 0.378 e. The molecule has 0 radical (unpaired) electrons. The summed E-state index contributed by atoms with van der Waals surface area (Å²) in [7, 11) is 0. The third kappa shape index (κ3) is 3.71. The molecule has 0 unspecified atom stereocenters. The summed E-state index contributed by atoms with van der Waals surface area (Å²) in [4.78, 5) is 23.9. The van der Waals surface area contributed by atoms with Gasteiger partial charge in [-0.05, 0) is 0 Å². The van der Waals surface area contributed by atoms with Crippen LogP contribution >= 0.6 is 0 Å². The molecule has 2 amide bonds. The Hall–Kier alpha value is -1.87. The lowest BCUT2D eigenvalue weighted by Gasteiger charge is -2.25. The van der Waals surface area contributed by atoms with Gasteiger partial charge in [0.25, 0.3) is 5.91 Å². The van der Waals surface area contributed by atoms with Crippen molar-refractivity contribution in [1.29, 1.82) is 5.26 Å². The van der Waals surface area contributed by atoms with Crippen LogP contribution in [0.2, 0.25) is 0 Å². The van der Waals surface area contributed by atoms with Crippen molar-refractivity contribution in [3.63, 3.8) is 0 Å². The molecule has 0 aromatic carbocycles. The first-order valence-electron chi connectivity index (χ1n) is 4.89. The lowest BCUT2D eigenvalue weighted by molar-refractivity contribution is -0.127. The molecule has 86 valence electrons. The second kappa shape index (κ2) is 5.88. The highest BCUT2D eigenvalue weighted by Gasteiger charge is 2.13. The van der Waals surface area contributed by atoms with Gasteiger partial charge in [-0.25, -0.2) is 0 Å². The van der Waals surface area contributed by atoms with E-state index in [2.05, 4.69) is 5.32 Å². The molecule has 1 aliphatic heterocycles. The molecule has 1 aliphatic rings. The molecule has 6 nitrogen and oxygen atoms in total. The van der Waals surface area contributed by atoms with E-state index < -0.39 is 11.8 Å². The van der Waals surface area contributed by atoms with Gasteiger partial charge in [-0.2, -0.15) is 5.26 Å². The molecule has 0 aliphatic carbocycles. The highest BCUT2D eigenvalue weighted by atomic mass is 16.5. The number of hydrogen-bond acceptors (Lipinski definition) is 5. The van der Waals surface area contributed by atoms with Crippen molar-refractivity contribution >= 4 is 11.8 Å². The fourth-order valence-electron chi connectivity index (χ4n) is 1.25. The molecule has 0 aromatic rings. The minimum atomic E-state index is -0.665. The van der Waals surface area contributed by atoms with Crippen LogP contribution in [-0.4, -0.2) is 43.0 Å². The van der Waals surface area contributed by atoms with Crippen molar-refractivity contribution in [2.45, 2.75) is 6.92 Å². The average Bonchev–Trinajstić information content (AvgIpc) is 2.26. The number of hydrogen-bond donors (Lipinski definition) is 1. The third-order valence-corrected chi connectivity index (χ3v) is 2.01. The van der Waals surface area contributed by atoms with Crippen LogP contribution in [0.3, 0.4) is 0 Å². The topological polar surface area (TPSA) is 82.4 Å². The molecule has 0 spiro atoms. The van der Waals surface area contributed by atoms with Crippen LogP contribution in [0.1, 0.15) is 6.92 Å². The summed E-state index contributed by atoms with van der Waals surface area (Å²) in [6.45, 7) is 3.64. The summed E-state index contributed by atoms with van der Waals surface area (Å²) in [6, 6.07) is 1.77. The van der Waals surface area contributed by atoms with Crippen LogP contribution in [0.25, 0.3) is 0 Å². The van der Waals surface area contributed by atoms with Gasteiger partial charge in [0.2, 0.25) is 5.91 Å². The number of morpholine rings is 1. The zero-order valence-electron chi connectivity index (χ0n) is 9.02. The number of amides is 2. The fourth-order valence-corrected chi connectivity index (χ4v) is 1.25. The Labute approximate surface area is 93.5 Å². The van der Waals surface area contributed by atoms with Gasteiger partial charge < -0.3 is 9.64 Å². The molecular weight excluding hydrogens is 210 g/mol. The number of carbonyl (C=O) groups is 2. The summed E-state index contributed by atoms with van der Waals surface area (Å²) in [5, 5.41) is 10.8. The molecule has 1 saturated heterocycles. The number of nitriles is 1. The zero-order valence-corrected chi connectivity index (χ0v) is 9.02. The smallest absolute Gasteiger partial charge is 0.269 e. The van der Waals surface area contributed by atoms with Gasteiger partial charge in [0.1, 0.15) is 11.6 Å². The number of nitrogens with zero attached hydrogens (tertiary/aromatic N) is 2. The Bertz CT molecular complexity index is 351. The van der Waals surface area contributed by atoms with E-state index in [9.17, 15) is 9.59 Å². The van der Waals surface area contributed by atoms with Crippen molar-refractivity contribution in [3.05, 3.63) is 11.8 Å². The van der Waals surface area contributed by atoms with E-state index in [1.54, 1.807) is 6.07 Å². The molecule has 16 heavy (non-hydrogen) atoms. The summed E-state index contributed by atoms with van der Waals surface area (Å²) < 4.78 is 5.13. The van der Waals surface area contributed by atoms with Gasteiger partial charge in [-0.3, -0.25) is 14.9 Å². The summed E-state index contributed by atoms with van der Waals surface area (Å²) in [6.07, 6.45) is 1.46. The van der Waals surface area contributed by atoms with Crippen molar-refractivity contribution in [2.24, 2.45) is 0 Å². The Morgan fingerprint density at radius 3 is 2.56 bits per heavy atom. The minimum Gasteiger partial charge on any atom is -0.378 e. The maximum atomic E-state index is 11.4. The Balaban J connectivity index is 2.65. The van der Waals surface area contributed by atoms with E-state index in [1.807, 2.05) is 4.90 Å². The van der Waals surface area contributed by atoms with Gasteiger partial charge in [-0.1, -0.05) is 0 Å². The van der Waals surface area contributed by atoms with E-state index in [-0.39, 0.29) is 5.57 Å². The van der Waals surface area contributed by atoms with Crippen LogP contribution in [0.15, 0.2) is 11.8 Å². The van der Waals surface area contributed by atoms with Crippen molar-refractivity contribution < 1.29 is 14.3 Å². The number of rotatable bonds is 2. The van der Waals surface area contributed by atoms with Crippen LogP contribution in [0.4, 0.5) is 0 Å². The maximum Gasteiger partial charge on any atom is 0.269 e. The number of carbonyl (C=O) groups excluding carboxylic acids is 2. The highest BCUT2D eigenvalue weighted by molar-refractivity contribution is 6.05. The molecule has 1 heterocycles. The van der Waals surface area contributed by atoms with Crippen molar-refractivity contribution in [1.82, 2.24) is 10.2 Å². The molecule has 1 fully saturated rings. The zero-order chi connectivity index (χ0) is 12.0. The maximum absolute atomic E-state index is 11.4. The Morgan fingerprint density at radius 1 is 1.44 bits per heavy atom. The first-order chi connectivity index (χ1) is 7.63. The van der Waals surface area contributed by atoms with E-state index in [1.165, 1.54) is 13.1 Å². The molecule has 1 rings (SSSR count). The van der Waals surface area contributed by atoms with Crippen molar-refractivity contribution in [2.75, 3.05) is 26.3 Å². The van der Waals surface area contributed by atoms with E-state index in [0.717, 1.165) is 0 Å². The van der Waals surface area contributed by atoms with Gasteiger partial charge in [0.15, 0.2) is 0 Å². The van der Waals surface area contributed by atoms with Crippen LogP contribution in [-0.2, 0) is 14.3 Å². The number of nitrogens with one attached hydrogen (secondary N) is 1. The minimum absolute atomic E-state index is 0.0721. The first-order valence-corrected chi connectivity index (χ1v) is 4.89. The van der Waals surface area contributed by atoms with E-state index in [0.29, 0.717) is 26.3 Å². The SMILES string of the molecule is CC(=O)NC(=O)C(C#N)=CN1CCOCC1. The second-order valence-corrected chi connectivity index (χ2v) is 3.31. The van der Waals surface area contributed by atoms with Crippen LogP contribution < -0.4 is 5.32 Å². The molecule has 1 N–H and O–H groups in total. The first kappa shape index (κ1) is 12.2. The van der Waals surface area contributed by atoms with Gasteiger partial charge in [-0.15, -0.1) is 0 Å². The summed E-state index contributed by atoms with van der Waals surface area (Å²) >= 11 is 0. The predicted molar refractivity (Wildman–Crippen MR) is 54.9 cm³/mol. The molecule has 0 atom stereocenters. The van der Waals surface area contributed by atoms with Crippen LogP contribution in [0.5, 0.6) is 0 Å². The predicted octanol–water partition coefficient (Wildman–Crippen LogP) is -0.611. The van der Waals surface area contributed by atoms with E-state index >= 15 is 0 Å². The van der Waals surface area contributed by atoms with Crippen molar-refractivity contribution in [3.8, 4) is 6.07 Å². The highest BCUT2D eigenvalue weighted by Crippen LogP contribution is 2.02. The second-order valence-electron chi connectivity index (χ2n) is 3.31. The number of ether oxygens (including phenoxy) is 1. The third-order valence-electron chi connectivity index (χ3n) is 2.01. The Kier molecular flexibility index (Phi) is 4.48. The quantitative estimate of drug-likeness (QED) is 0.498. The molecule has 6 heteroatoms. The lowest BCUT2D eigenvalue weighted by Crippen LogP contribution is -2.34. The van der Waals surface area contributed by atoms with Crippen LogP contribution in [0, 0.1) is 11.3 Å². The monoisotopic (exact) mass is 223 g/mol. The van der Waals surface area contributed by atoms with Gasteiger partial charge in [0.05, 0.1) is 13.2 Å². The summed E-state index contributed by atoms with van der Waals surface area (Å²) in [5.74, 6) is -1.14. The van der Waals surface area contributed by atoms with Gasteiger partial charge in [0, 0.05) is 26.2 Å².